The summed E-state index contributed by atoms with van der Waals surface area (Å²) in [4.78, 5) is 24.8. The normalized spacial score (nSPS) is 11.0. The number of para-hydroxylation sites is 1. The van der Waals surface area contributed by atoms with Crippen molar-refractivity contribution >= 4 is 16.9 Å². The zero-order valence-corrected chi connectivity index (χ0v) is 15.9. The van der Waals surface area contributed by atoms with Crippen LogP contribution in [-0.4, -0.2) is 5.97 Å². The zero-order chi connectivity index (χ0) is 20.4. The summed E-state index contributed by atoms with van der Waals surface area (Å²) >= 11 is 0. The molecular formula is C23H18O6. The molecule has 4 rings (SSSR count). The van der Waals surface area contributed by atoms with Crippen LogP contribution in [-0.2, 0) is 0 Å². The first-order valence-corrected chi connectivity index (χ1v) is 9.11. The lowest BCUT2D eigenvalue weighted by atomic mass is 10.0. The maximum absolute atomic E-state index is 12.8. The molecule has 0 atom stereocenters. The quantitative estimate of drug-likeness (QED) is 0.330. The lowest BCUT2D eigenvalue weighted by Gasteiger charge is -2.13. The number of hydrogen-bond acceptors (Lipinski definition) is 6. The van der Waals surface area contributed by atoms with Crippen LogP contribution in [0, 0.1) is 0 Å². The molecule has 2 aromatic carbocycles. The van der Waals surface area contributed by atoms with Crippen LogP contribution in [0.3, 0.4) is 0 Å². The predicted molar refractivity (Wildman–Crippen MR) is 107 cm³/mol. The molecule has 0 spiro atoms. The van der Waals surface area contributed by atoms with Gasteiger partial charge in [-0.2, -0.15) is 0 Å². The summed E-state index contributed by atoms with van der Waals surface area (Å²) in [5.41, 5.74) is 0.963. The molecule has 0 saturated heterocycles. The van der Waals surface area contributed by atoms with Gasteiger partial charge in [-0.25, -0.2) is 4.79 Å². The summed E-state index contributed by atoms with van der Waals surface area (Å²) in [7, 11) is 0. The number of carbonyl (C=O) groups is 1. The standard InChI is InChI=1S/C23H18O6/c1-14(2)16-6-3-4-7-18(16)29-21-13-27-20-12-15(9-10-17(20)22(21)24)28-23(25)19-8-5-11-26-19/h3-14H,1-2H3. The van der Waals surface area contributed by atoms with E-state index in [-0.39, 0.29) is 34.2 Å². The van der Waals surface area contributed by atoms with E-state index < -0.39 is 5.97 Å². The Labute approximate surface area is 166 Å². The van der Waals surface area contributed by atoms with Crippen molar-refractivity contribution in [2.75, 3.05) is 0 Å². The van der Waals surface area contributed by atoms with Gasteiger partial charge in [0.15, 0.2) is 0 Å². The van der Waals surface area contributed by atoms with Crippen LogP contribution < -0.4 is 14.9 Å². The number of carbonyl (C=O) groups excluding carboxylic acids is 1. The number of benzene rings is 2. The van der Waals surface area contributed by atoms with Gasteiger partial charge in [-0.3, -0.25) is 4.79 Å². The van der Waals surface area contributed by atoms with Crippen molar-refractivity contribution < 1.29 is 23.1 Å². The summed E-state index contributed by atoms with van der Waals surface area (Å²) in [6.07, 6.45) is 2.65. The van der Waals surface area contributed by atoms with Crippen LogP contribution in [0.5, 0.6) is 17.2 Å². The SMILES string of the molecule is CC(C)c1ccccc1Oc1coc2cc(OC(=O)c3ccco3)ccc2c1=O. The van der Waals surface area contributed by atoms with Gasteiger partial charge in [-0.1, -0.05) is 32.0 Å². The molecule has 2 aromatic heterocycles. The Morgan fingerprint density at radius 1 is 0.966 bits per heavy atom. The number of furan rings is 1. The van der Waals surface area contributed by atoms with Gasteiger partial charge in [0.2, 0.25) is 16.9 Å². The van der Waals surface area contributed by atoms with E-state index in [1.54, 1.807) is 6.07 Å². The Morgan fingerprint density at radius 3 is 2.55 bits per heavy atom. The van der Waals surface area contributed by atoms with Crippen LogP contribution in [0.2, 0.25) is 0 Å². The van der Waals surface area contributed by atoms with E-state index in [1.807, 2.05) is 24.3 Å². The van der Waals surface area contributed by atoms with E-state index in [9.17, 15) is 9.59 Å². The summed E-state index contributed by atoms with van der Waals surface area (Å²) < 4.78 is 21.7. The second-order valence-electron chi connectivity index (χ2n) is 6.75. The van der Waals surface area contributed by atoms with Gasteiger partial charge in [0.25, 0.3) is 0 Å². The average Bonchev–Trinajstić information content (AvgIpc) is 3.25. The van der Waals surface area contributed by atoms with Gasteiger partial charge in [0.05, 0.1) is 11.6 Å². The molecule has 0 aliphatic carbocycles. The molecule has 0 amide bonds. The number of fused-ring (bicyclic) bond motifs is 1. The number of ether oxygens (including phenoxy) is 2. The predicted octanol–water partition coefficient (Wildman–Crippen LogP) is 5.52. The van der Waals surface area contributed by atoms with Crippen molar-refractivity contribution in [3.63, 3.8) is 0 Å². The first-order chi connectivity index (χ1) is 14.0. The molecule has 0 aliphatic heterocycles. The Hall–Kier alpha value is -3.80. The highest BCUT2D eigenvalue weighted by atomic mass is 16.5. The van der Waals surface area contributed by atoms with Crippen molar-refractivity contribution in [3.05, 3.63) is 88.7 Å². The van der Waals surface area contributed by atoms with Crippen molar-refractivity contribution in [2.24, 2.45) is 0 Å². The maximum atomic E-state index is 12.8. The fraction of sp³-hybridized carbons (Fsp3) is 0.130. The van der Waals surface area contributed by atoms with E-state index in [0.717, 1.165) is 5.56 Å². The smallest absolute Gasteiger partial charge is 0.379 e. The van der Waals surface area contributed by atoms with E-state index in [2.05, 4.69) is 13.8 Å². The molecule has 29 heavy (non-hydrogen) atoms. The highest BCUT2D eigenvalue weighted by Gasteiger charge is 2.15. The highest BCUT2D eigenvalue weighted by molar-refractivity contribution is 5.89. The number of hydrogen-bond donors (Lipinski definition) is 0. The third kappa shape index (κ3) is 3.78. The maximum Gasteiger partial charge on any atom is 0.379 e. The summed E-state index contributed by atoms with van der Waals surface area (Å²) in [6, 6.07) is 15.2. The largest absolute Gasteiger partial charge is 0.460 e. The van der Waals surface area contributed by atoms with Crippen LogP contribution in [0.25, 0.3) is 11.0 Å². The van der Waals surface area contributed by atoms with Crippen LogP contribution in [0.4, 0.5) is 0 Å². The Balaban J connectivity index is 1.63. The third-order valence-corrected chi connectivity index (χ3v) is 4.41. The zero-order valence-electron chi connectivity index (χ0n) is 15.9. The van der Waals surface area contributed by atoms with Crippen molar-refractivity contribution in [3.8, 4) is 17.2 Å². The fourth-order valence-corrected chi connectivity index (χ4v) is 2.95. The molecule has 0 radical (unpaired) electrons. The molecule has 0 aliphatic rings. The van der Waals surface area contributed by atoms with Crippen LogP contribution >= 0.6 is 0 Å². The molecule has 6 heteroatoms. The van der Waals surface area contributed by atoms with E-state index in [1.165, 1.54) is 36.8 Å². The van der Waals surface area contributed by atoms with Gasteiger partial charge >= 0.3 is 5.97 Å². The van der Waals surface area contributed by atoms with Gasteiger partial charge in [0, 0.05) is 6.07 Å². The van der Waals surface area contributed by atoms with Crippen LogP contribution in [0.15, 0.2) is 80.8 Å². The minimum atomic E-state index is -0.637. The summed E-state index contributed by atoms with van der Waals surface area (Å²) in [6.45, 7) is 4.10. The molecule has 0 fully saturated rings. The monoisotopic (exact) mass is 390 g/mol. The summed E-state index contributed by atoms with van der Waals surface area (Å²) in [5.74, 6) is 0.621. The van der Waals surface area contributed by atoms with E-state index >= 15 is 0 Å². The van der Waals surface area contributed by atoms with Gasteiger partial charge in [-0.15, -0.1) is 0 Å². The topological polar surface area (TPSA) is 78.9 Å². The number of esters is 1. The Bertz CT molecular complexity index is 1220. The van der Waals surface area contributed by atoms with Crippen molar-refractivity contribution in [1.29, 1.82) is 0 Å². The second-order valence-corrected chi connectivity index (χ2v) is 6.75. The van der Waals surface area contributed by atoms with Crippen molar-refractivity contribution in [2.45, 2.75) is 19.8 Å². The molecule has 0 N–H and O–H groups in total. The fourth-order valence-electron chi connectivity index (χ4n) is 2.95. The van der Waals surface area contributed by atoms with Gasteiger partial charge in [-0.05, 0) is 41.8 Å². The van der Waals surface area contributed by atoms with Crippen LogP contribution in [0.1, 0.15) is 35.9 Å². The number of rotatable bonds is 5. The lowest BCUT2D eigenvalue weighted by molar-refractivity contribution is 0.0701. The second kappa shape index (κ2) is 7.67. The average molecular weight is 390 g/mol. The lowest BCUT2D eigenvalue weighted by Crippen LogP contribution is -2.08. The minimum Gasteiger partial charge on any atom is -0.460 e. The third-order valence-electron chi connectivity index (χ3n) is 4.41. The summed E-state index contributed by atoms with van der Waals surface area (Å²) in [5, 5.41) is 0.322. The highest BCUT2D eigenvalue weighted by Crippen LogP contribution is 2.30. The van der Waals surface area contributed by atoms with Gasteiger partial charge < -0.3 is 18.3 Å². The molecule has 0 saturated carbocycles. The molecule has 6 nitrogen and oxygen atoms in total. The van der Waals surface area contributed by atoms with Crippen molar-refractivity contribution in [1.82, 2.24) is 0 Å². The van der Waals surface area contributed by atoms with E-state index in [4.69, 9.17) is 18.3 Å². The van der Waals surface area contributed by atoms with E-state index in [0.29, 0.717) is 11.1 Å². The molecule has 4 aromatic rings. The molecular weight excluding hydrogens is 372 g/mol. The Morgan fingerprint density at radius 2 is 1.79 bits per heavy atom. The van der Waals surface area contributed by atoms with Gasteiger partial charge in [0.1, 0.15) is 23.3 Å². The molecule has 0 bridgehead atoms. The molecule has 0 unspecified atom stereocenters. The molecule has 146 valence electrons. The first kappa shape index (κ1) is 18.6. The first-order valence-electron chi connectivity index (χ1n) is 9.11. The Kier molecular flexibility index (Phi) is 4.91. The molecule has 2 heterocycles. The minimum absolute atomic E-state index is 0.0825.